The first-order valence-corrected chi connectivity index (χ1v) is 15.6. The molecule has 1 aliphatic rings. The van der Waals surface area contributed by atoms with Crippen molar-refractivity contribution in [3.05, 3.63) is 58.4 Å². The van der Waals surface area contributed by atoms with Crippen molar-refractivity contribution >= 4 is 49.4 Å². The minimum absolute atomic E-state index is 0.0257. The summed E-state index contributed by atoms with van der Waals surface area (Å²) < 4.78 is 40.5. The van der Waals surface area contributed by atoms with Crippen LogP contribution in [-0.2, 0) is 30.8 Å². The molecular weight excluding hydrogens is 554 g/mol. The molecule has 0 spiro atoms. The second-order valence-electron chi connectivity index (χ2n) is 9.29. The highest BCUT2D eigenvalue weighted by molar-refractivity contribution is 7.89. The van der Waals surface area contributed by atoms with Gasteiger partial charge in [0, 0.05) is 18.2 Å². The normalized spacial score (nSPS) is 16.7. The molecule has 1 aromatic heterocycles. The number of aromatic nitrogens is 1. The topological polar surface area (TPSA) is 124 Å². The van der Waals surface area contributed by atoms with Gasteiger partial charge in [0.1, 0.15) is 6.54 Å². The maximum absolute atomic E-state index is 13.3. The van der Waals surface area contributed by atoms with Gasteiger partial charge in [-0.05, 0) is 75.6 Å². The fraction of sp³-hybridized carbons (Fsp3) is 0.429. The van der Waals surface area contributed by atoms with Crippen LogP contribution in [0.25, 0.3) is 10.2 Å². The van der Waals surface area contributed by atoms with Crippen molar-refractivity contribution in [3.8, 4) is 0 Å². The minimum atomic E-state index is -3.68. The average molecular weight is 588 g/mol. The maximum atomic E-state index is 13.3. The highest BCUT2D eigenvalue weighted by Crippen LogP contribution is 2.27. The van der Waals surface area contributed by atoms with Crippen LogP contribution in [-0.4, -0.2) is 60.9 Å². The Hall–Kier alpha value is -3.35. The number of benzene rings is 2. The van der Waals surface area contributed by atoms with Crippen molar-refractivity contribution in [1.82, 2.24) is 8.87 Å². The van der Waals surface area contributed by atoms with Crippen LogP contribution in [0.3, 0.4) is 0 Å². The number of carbonyl (C=O) groups excluding carboxylic acids is 3. The van der Waals surface area contributed by atoms with Gasteiger partial charge in [-0.2, -0.15) is 9.30 Å². The summed E-state index contributed by atoms with van der Waals surface area (Å²) in [5.74, 6) is -1.57. The van der Waals surface area contributed by atoms with Crippen molar-refractivity contribution < 1.29 is 32.3 Å². The Morgan fingerprint density at radius 2 is 1.68 bits per heavy atom. The Morgan fingerprint density at radius 3 is 2.35 bits per heavy atom. The minimum Gasteiger partial charge on any atom is -0.465 e. The fourth-order valence-corrected chi connectivity index (χ4v) is 7.58. The molecule has 1 unspecified atom stereocenters. The predicted octanol–water partition coefficient (Wildman–Crippen LogP) is 4.14. The number of ether oxygens (including phenoxy) is 2. The zero-order chi connectivity index (χ0) is 28.9. The van der Waals surface area contributed by atoms with Gasteiger partial charge in [0.05, 0.1) is 33.9 Å². The standard InChI is InChI=1S/C28H33N3O7S2/c1-4-21-9-7-8-16-31(21)40(35,36)22-13-10-19(11-14-22)26(33)29-28-30(18-25(32)37-5-2)23-15-12-20(17-24(23)39-28)27(34)38-6-3/h10-15,17,21H,4-9,16,18H2,1-3H3. The van der Waals surface area contributed by atoms with E-state index in [9.17, 15) is 22.8 Å². The van der Waals surface area contributed by atoms with E-state index in [4.69, 9.17) is 9.47 Å². The largest absolute Gasteiger partial charge is 0.465 e. The molecule has 0 aliphatic carbocycles. The average Bonchev–Trinajstić information content (AvgIpc) is 3.28. The second kappa shape index (κ2) is 12.9. The maximum Gasteiger partial charge on any atom is 0.338 e. The molecule has 1 atom stereocenters. The Bertz CT molecular complexity index is 1570. The van der Waals surface area contributed by atoms with Gasteiger partial charge in [-0.1, -0.05) is 24.7 Å². The Balaban J connectivity index is 1.68. The van der Waals surface area contributed by atoms with E-state index in [-0.39, 0.29) is 41.1 Å². The number of piperidine rings is 1. The van der Waals surface area contributed by atoms with Gasteiger partial charge in [0.15, 0.2) is 4.80 Å². The fourth-order valence-electron chi connectivity index (χ4n) is 4.74. The van der Waals surface area contributed by atoms with Crippen LogP contribution >= 0.6 is 11.3 Å². The van der Waals surface area contributed by atoms with Gasteiger partial charge in [-0.3, -0.25) is 9.59 Å². The smallest absolute Gasteiger partial charge is 0.338 e. The van der Waals surface area contributed by atoms with E-state index in [0.717, 1.165) is 37.0 Å². The summed E-state index contributed by atoms with van der Waals surface area (Å²) in [4.78, 5) is 42.3. The molecule has 10 nitrogen and oxygen atoms in total. The lowest BCUT2D eigenvalue weighted by Crippen LogP contribution is -2.43. The number of sulfonamides is 1. The number of hydrogen-bond donors (Lipinski definition) is 0. The molecule has 3 aromatic rings. The Labute approximate surface area is 237 Å². The Morgan fingerprint density at radius 1 is 0.975 bits per heavy atom. The summed E-state index contributed by atoms with van der Waals surface area (Å²) in [5.41, 5.74) is 1.15. The van der Waals surface area contributed by atoms with Crippen LogP contribution in [0.1, 0.15) is 67.2 Å². The molecule has 214 valence electrons. The van der Waals surface area contributed by atoms with Crippen molar-refractivity contribution in [3.63, 3.8) is 0 Å². The van der Waals surface area contributed by atoms with E-state index in [2.05, 4.69) is 4.99 Å². The first-order chi connectivity index (χ1) is 19.2. The highest BCUT2D eigenvalue weighted by atomic mass is 32.2. The molecule has 12 heteroatoms. The number of rotatable bonds is 9. The molecule has 1 amide bonds. The number of amides is 1. The van der Waals surface area contributed by atoms with Gasteiger partial charge < -0.3 is 14.0 Å². The van der Waals surface area contributed by atoms with Gasteiger partial charge in [0.25, 0.3) is 5.91 Å². The first-order valence-electron chi connectivity index (χ1n) is 13.4. The van der Waals surface area contributed by atoms with Crippen molar-refractivity contribution in [2.75, 3.05) is 19.8 Å². The van der Waals surface area contributed by atoms with E-state index in [1.165, 1.54) is 24.3 Å². The molecular formula is C28H33N3O7S2. The summed E-state index contributed by atoms with van der Waals surface area (Å²) in [6, 6.07) is 10.6. The van der Waals surface area contributed by atoms with E-state index in [1.54, 1.807) is 40.9 Å². The summed E-state index contributed by atoms with van der Waals surface area (Å²) >= 11 is 1.14. The number of fused-ring (bicyclic) bond motifs is 1. The van der Waals surface area contributed by atoms with Crippen LogP contribution in [0, 0.1) is 0 Å². The summed E-state index contributed by atoms with van der Waals surface area (Å²) in [6.45, 7) is 6.15. The van der Waals surface area contributed by atoms with Crippen LogP contribution in [0.4, 0.5) is 0 Å². The summed E-state index contributed by atoms with van der Waals surface area (Å²) in [6.07, 6.45) is 3.43. The van der Waals surface area contributed by atoms with Crippen LogP contribution in [0.5, 0.6) is 0 Å². The van der Waals surface area contributed by atoms with Gasteiger partial charge in [0.2, 0.25) is 10.0 Å². The number of thiazole rings is 1. The zero-order valence-corrected chi connectivity index (χ0v) is 24.4. The molecule has 1 fully saturated rings. The summed E-state index contributed by atoms with van der Waals surface area (Å²) in [7, 11) is -3.68. The first kappa shape index (κ1) is 29.6. The quantitative estimate of drug-likeness (QED) is 0.345. The number of hydrogen-bond acceptors (Lipinski definition) is 8. The highest BCUT2D eigenvalue weighted by Gasteiger charge is 2.32. The molecule has 2 heterocycles. The third-order valence-electron chi connectivity index (χ3n) is 6.74. The third kappa shape index (κ3) is 6.34. The second-order valence-corrected chi connectivity index (χ2v) is 12.2. The van der Waals surface area contributed by atoms with Crippen LogP contribution in [0.15, 0.2) is 52.4 Å². The molecule has 0 radical (unpaired) electrons. The van der Waals surface area contributed by atoms with Gasteiger partial charge in [-0.15, -0.1) is 0 Å². The molecule has 0 N–H and O–H groups in total. The van der Waals surface area contributed by atoms with E-state index < -0.39 is 27.9 Å². The zero-order valence-electron chi connectivity index (χ0n) is 22.8. The number of carbonyl (C=O) groups is 3. The number of nitrogens with zero attached hydrogens (tertiary/aromatic N) is 3. The number of esters is 2. The van der Waals surface area contributed by atoms with Crippen molar-refractivity contribution in [2.24, 2.45) is 4.99 Å². The predicted molar refractivity (Wildman–Crippen MR) is 151 cm³/mol. The van der Waals surface area contributed by atoms with Gasteiger partial charge >= 0.3 is 11.9 Å². The molecule has 2 aromatic carbocycles. The Kier molecular flexibility index (Phi) is 9.54. The monoisotopic (exact) mass is 587 g/mol. The molecule has 40 heavy (non-hydrogen) atoms. The van der Waals surface area contributed by atoms with Crippen molar-refractivity contribution in [2.45, 2.75) is 63.9 Å². The SMILES string of the molecule is CCOC(=O)Cn1c(=NC(=O)c2ccc(S(=O)(=O)N3CCCCC3CC)cc2)sc2cc(C(=O)OCC)ccc21. The van der Waals surface area contributed by atoms with Crippen LogP contribution in [0.2, 0.25) is 0 Å². The summed E-state index contributed by atoms with van der Waals surface area (Å²) in [5, 5.41) is 0. The van der Waals surface area contributed by atoms with E-state index in [0.29, 0.717) is 22.3 Å². The van der Waals surface area contributed by atoms with Crippen molar-refractivity contribution in [1.29, 1.82) is 0 Å². The molecule has 0 bridgehead atoms. The lowest BCUT2D eigenvalue weighted by atomic mass is 10.0. The van der Waals surface area contributed by atoms with Crippen LogP contribution < -0.4 is 4.80 Å². The molecule has 1 saturated heterocycles. The molecule has 1 aliphatic heterocycles. The lowest BCUT2D eigenvalue weighted by molar-refractivity contribution is -0.143. The molecule has 4 rings (SSSR count). The lowest BCUT2D eigenvalue weighted by Gasteiger charge is -2.34. The van der Waals surface area contributed by atoms with E-state index >= 15 is 0 Å². The van der Waals surface area contributed by atoms with Gasteiger partial charge in [-0.25, -0.2) is 13.2 Å². The van der Waals surface area contributed by atoms with E-state index in [1.807, 2.05) is 6.92 Å². The third-order valence-corrected chi connectivity index (χ3v) is 9.74. The molecule has 0 saturated carbocycles.